The largest absolute Gasteiger partial charge is 0.481 e. The van der Waals surface area contributed by atoms with Gasteiger partial charge in [-0.1, -0.05) is 10.3 Å². The topological polar surface area (TPSA) is 79.5 Å². The van der Waals surface area contributed by atoms with Gasteiger partial charge < -0.3 is 5.11 Å². The number of carbonyl (C=O) groups is 1. The summed E-state index contributed by atoms with van der Waals surface area (Å²) < 4.78 is 4.64. The maximum atomic E-state index is 11.2. The first kappa shape index (κ1) is 12.0. The van der Waals surface area contributed by atoms with E-state index in [4.69, 9.17) is 0 Å². The molecule has 0 bridgehead atoms. The number of aromatic nitrogens is 2. The summed E-state index contributed by atoms with van der Waals surface area (Å²) in [5.41, 5.74) is 0.913. The van der Waals surface area contributed by atoms with Crippen LogP contribution in [0.1, 0.15) is 31.2 Å². The molecule has 1 atom stereocenters. The van der Waals surface area contributed by atoms with Crippen LogP contribution in [0, 0.1) is 12.3 Å². The highest BCUT2D eigenvalue weighted by Crippen LogP contribution is 2.30. The Bertz CT molecular complexity index is 418. The minimum Gasteiger partial charge on any atom is -0.481 e. The van der Waals surface area contributed by atoms with Crippen molar-refractivity contribution in [1.29, 1.82) is 0 Å². The van der Waals surface area contributed by atoms with E-state index in [1.165, 1.54) is 0 Å². The maximum Gasteiger partial charge on any atom is 0.310 e. The standard InChI is InChI=1S/C11H17N3O3/c1-8-9(13-17-12-8)6-14-5-3-4-11(2,7-14)10(15)16/h3-7H2,1-2H3,(H,15,16). The molecule has 17 heavy (non-hydrogen) atoms. The number of nitrogens with zero attached hydrogens (tertiary/aromatic N) is 3. The summed E-state index contributed by atoms with van der Waals surface area (Å²) in [5.74, 6) is -0.725. The normalized spacial score (nSPS) is 26.0. The molecule has 2 heterocycles. The molecule has 2 rings (SSSR count). The number of rotatable bonds is 3. The molecule has 0 amide bonds. The Hall–Kier alpha value is -1.43. The third-order valence-corrected chi connectivity index (χ3v) is 3.41. The molecule has 1 aliphatic rings. The third kappa shape index (κ3) is 2.46. The SMILES string of the molecule is Cc1nonc1CN1CCCC(C)(C(=O)O)C1. The van der Waals surface area contributed by atoms with E-state index in [9.17, 15) is 9.90 Å². The van der Waals surface area contributed by atoms with E-state index in [1.54, 1.807) is 6.92 Å². The number of hydrogen-bond acceptors (Lipinski definition) is 5. The highest BCUT2D eigenvalue weighted by Gasteiger charge is 2.38. The minimum absolute atomic E-state index is 0.550. The second-order valence-electron chi connectivity index (χ2n) is 4.98. The molecule has 0 saturated carbocycles. The average molecular weight is 239 g/mol. The molecule has 0 radical (unpaired) electrons. The summed E-state index contributed by atoms with van der Waals surface area (Å²) in [7, 11) is 0. The van der Waals surface area contributed by atoms with E-state index >= 15 is 0 Å². The Labute approximate surface area is 99.6 Å². The quantitative estimate of drug-likeness (QED) is 0.849. The Balaban J connectivity index is 2.03. The molecule has 6 heteroatoms. The predicted octanol–water partition coefficient (Wildman–Crippen LogP) is 1.06. The van der Waals surface area contributed by atoms with Crippen molar-refractivity contribution >= 4 is 5.97 Å². The number of piperidine rings is 1. The van der Waals surface area contributed by atoms with E-state index in [1.807, 2.05) is 6.92 Å². The lowest BCUT2D eigenvalue weighted by atomic mass is 9.82. The molecule has 0 aliphatic carbocycles. The lowest BCUT2D eigenvalue weighted by Crippen LogP contribution is -2.45. The van der Waals surface area contributed by atoms with Crippen LogP contribution in [0.4, 0.5) is 0 Å². The lowest BCUT2D eigenvalue weighted by Gasteiger charge is -2.37. The van der Waals surface area contributed by atoms with Gasteiger partial charge in [0, 0.05) is 13.1 Å². The summed E-state index contributed by atoms with van der Waals surface area (Å²) in [6, 6.07) is 0. The van der Waals surface area contributed by atoms with E-state index in [0.717, 1.165) is 30.8 Å². The first-order valence-corrected chi connectivity index (χ1v) is 5.75. The number of carboxylic acids is 1. The van der Waals surface area contributed by atoms with Crippen molar-refractivity contribution in [2.24, 2.45) is 5.41 Å². The Morgan fingerprint density at radius 3 is 2.94 bits per heavy atom. The van der Waals surface area contributed by atoms with Crippen molar-refractivity contribution in [2.75, 3.05) is 13.1 Å². The van der Waals surface area contributed by atoms with E-state index in [0.29, 0.717) is 13.1 Å². The second kappa shape index (κ2) is 4.44. The van der Waals surface area contributed by atoms with E-state index < -0.39 is 11.4 Å². The van der Waals surface area contributed by atoms with Gasteiger partial charge in [-0.25, -0.2) is 4.63 Å². The van der Waals surface area contributed by atoms with Crippen LogP contribution < -0.4 is 0 Å². The average Bonchev–Trinajstić information content (AvgIpc) is 2.64. The van der Waals surface area contributed by atoms with Gasteiger partial charge in [-0.05, 0) is 33.2 Å². The molecule has 1 aromatic heterocycles. The zero-order valence-corrected chi connectivity index (χ0v) is 10.1. The van der Waals surface area contributed by atoms with Crippen molar-refractivity contribution in [1.82, 2.24) is 15.2 Å². The van der Waals surface area contributed by atoms with Gasteiger partial charge in [-0.3, -0.25) is 9.69 Å². The molecule has 0 spiro atoms. The van der Waals surface area contributed by atoms with Crippen LogP contribution in [0.25, 0.3) is 0 Å². The van der Waals surface area contributed by atoms with Gasteiger partial charge in [0.2, 0.25) is 0 Å². The number of aliphatic carboxylic acids is 1. The summed E-state index contributed by atoms with van der Waals surface area (Å²) >= 11 is 0. The van der Waals surface area contributed by atoms with Crippen molar-refractivity contribution in [3.8, 4) is 0 Å². The zero-order chi connectivity index (χ0) is 12.5. The lowest BCUT2D eigenvalue weighted by molar-refractivity contribution is -0.151. The van der Waals surface area contributed by atoms with Crippen LogP contribution >= 0.6 is 0 Å². The third-order valence-electron chi connectivity index (χ3n) is 3.41. The van der Waals surface area contributed by atoms with Gasteiger partial charge in [0.1, 0.15) is 11.4 Å². The Morgan fingerprint density at radius 1 is 1.59 bits per heavy atom. The monoisotopic (exact) mass is 239 g/mol. The predicted molar refractivity (Wildman–Crippen MR) is 59.3 cm³/mol. The van der Waals surface area contributed by atoms with Gasteiger partial charge in [0.05, 0.1) is 5.41 Å². The molecule has 1 aliphatic heterocycles. The highest BCUT2D eigenvalue weighted by molar-refractivity contribution is 5.74. The molecular weight excluding hydrogens is 222 g/mol. The molecule has 0 aromatic carbocycles. The molecule has 1 fully saturated rings. The molecule has 1 unspecified atom stereocenters. The fraction of sp³-hybridized carbons (Fsp3) is 0.727. The highest BCUT2D eigenvalue weighted by atomic mass is 16.6. The van der Waals surface area contributed by atoms with Crippen molar-refractivity contribution in [3.63, 3.8) is 0 Å². The smallest absolute Gasteiger partial charge is 0.310 e. The fourth-order valence-corrected chi connectivity index (χ4v) is 2.26. The Morgan fingerprint density at radius 2 is 2.35 bits per heavy atom. The van der Waals surface area contributed by atoms with Crippen LogP contribution in [0.2, 0.25) is 0 Å². The number of aryl methyl sites for hydroxylation is 1. The van der Waals surface area contributed by atoms with Gasteiger partial charge in [-0.15, -0.1) is 0 Å². The summed E-state index contributed by atoms with van der Waals surface area (Å²) in [5, 5.41) is 16.8. The van der Waals surface area contributed by atoms with Gasteiger partial charge in [0.15, 0.2) is 0 Å². The minimum atomic E-state index is -0.725. The molecule has 1 aromatic rings. The number of hydrogen-bond donors (Lipinski definition) is 1. The zero-order valence-electron chi connectivity index (χ0n) is 10.1. The van der Waals surface area contributed by atoms with Gasteiger partial charge >= 0.3 is 5.97 Å². The molecule has 94 valence electrons. The maximum absolute atomic E-state index is 11.2. The molecule has 6 nitrogen and oxygen atoms in total. The van der Waals surface area contributed by atoms with Crippen LogP contribution in [0.5, 0.6) is 0 Å². The van der Waals surface area contributed by atoms with Crippen LogP contribution in [-0.4, -0.2) is 39.4 Å². The Kier molecular flexibility index (Phi) is 3.15. The summed E-state index contributed by atoms with van der Waals surface area (Å²) in [4.78, 5) is 13.3. The molecule has 1 saturated heterocycles. The molecule has 1 N–H and O–H groups in total. The van der Waals surface area contributed by atoms with Crippen molar-refractivity contribution in [3.05, 3.63) is 11.4 Å². The summed E-state index contributed by atoms with van der Waals surface area (Å²) in [6.07, 6.45) is 1.63. The van der Waals surface area contributed by atoms with Crippen molar-refractivity contribution < 1.29 is 14.5 Å². The van der Waals surface area contributed by atoms with Crippen LogP contribution in [0.3, 0.4) is 0 Å². The second-order valence-corrected chi connectivity index (χ2v) is 4.98. The van der Waals surface area contributed by atoms with E-state index in [-0.39, 0.29) is 0 Å². The van der Waals surface area contributed by atoms with Crippen molar-refractivity contribution in [2.45, 2.75) is 33.2 Å². The van der Waals surface area contributed by atoms with Gasteiger partial charge in [0.25, 0.3) is 0 Å². The number of carboxylic acid groups (broad SMARTS) is 1. The summed E-state index contributed by atoms with van der Waals surface area (Å²) in [6.45, 7) is 5.70. The first-order valence-electron chi connectivity index (χ1n) is 5.75. The fourth-order valence-electron chi connectivity index (χ4n) is 2.26. The number of likely N-dealkylation sites (tertiary alicyclic amines) is 1. The van der Waals surface area contributed by atoms with Crippen LogP contribution in [0.15, 0.2) is 4.63 Å². The first-order chi connectivity index (χ1) is 8.01. The van der Waals surface area contributed by atoms with Crippen LogP contribution in [-0.2, 0) is 11.3 Å². The molecular formula is C11H17N3O3. The van der Waals surface area contributed by atoms with Gasteiger partial charge in [-0.2, -0.15) is 0 Å². The van der Waals surface area contributed by atoms with E-state index in [2.05, 4.69) is 19.8 Å².